The van der Waals surface area contributed by atoms with Gasteiger partial charge in [0.1, 0.15) is 17.3 Å². The van der Waals surface area contributed by atoms with Gasteiger partial charge in [0.05, 0.1) is 29.7 Å². The lowest BCUT2D eigenvalue weighted by Crippen LogP contribution is -2.61. The second-order valence-corrected chi connectivity index (χ2v) is 15.9. The summed E-state index contributed by atoms with van der Waals surface area (Å²) in [5, 5.41) is 0.768. The highest BCUT2D eigenvalue weighted by Crippen LogP contribution is 2.61. The van der Waals surface area contributed by atoms with E-state index < -0.39 is 5.54 Å². The van der Waals surface area contributed by atoms with Gasteiger partial charge in [0.25, 0.3) is 5.91 Å². The number of amides is 1. The molecule has 1 saturated heterocycles. The first-order chi connectivity index (χ1) is 22.6. The lowest BCUT2D eigenvalue weighted by atomic mass is 9.53. The van der Waals surface area contributed by atoms with Gasteiger partial charge in [-0.05, 0) is 100 Å². The molecule has 2 fully saturated rings. The topological polar surface area (TPSA) is 61.8 Å². The van der Waals surface area contributed by atoms with E-state index in [0.717, 1.165) is 69.7 Å². The van der Waals surface area contributed by atoms with E-state index >= 15 is 0 Å². The van der Waals surface area contributed by atoms with E-state index in [4.69, 9.17) is 26.3 Å². The molecule has 2 aromatic heterocycles. The van der Waals surface area contributed by atoms with Crippen molar-refractivity contribution in [3.63, 3.8) is 0 Å². The fraction of sp³-hybridized carbons (Fsp3) is 0.525. The molecule has 1 spiro atoms. The van der Waals surface area contributed by atoms with Crippen LogP contribution in [0.3, 0.4) is 0 Å². The first kappa shape index (κ1) is 35.7. The number of benzene rings is 1. The van der Waals surface area contributed by atoms with Crippen molar-refractivity contribution in [2.45, 2.75) is 99.0 Å². The van der Waals surface area contributed by atoms with Crippen LogP contribution in [0.4, 0.5) is 17.2 Å². The molecule has 0 radical (unpaired) electrons. The number of fused-ring (bicyclic) bond motifs is 2. The molecule has 4 heterocycles. The van der Waals surface area contributed by atoms with E-state index in [0.29, 0.717) is 31.1 Å². The van der Waals surface area contributed by atoms with Gasteiger partial charge in [-0.15, -0.1) is 0 Å². The van der Waals surface area contributed by atoms with Gasteiger partial charge < -0.3 is 19.4 Å². The average Bonchev–Trinajstić information content (AvgIpc) is 3.34. The monoisotopic (exact) mass is 671 g/mol. The van der Waals surface area contributed by atoms with Crippen molar-refractivity contribution in [3.05, 3.63) is 81.8 Å². The number of rotatable bonds is 6. The summed E-state index contributed by atoms with van der Waals surface area (Å²) < 4.78 is 5.39. The fourth-order valence-corrected chi connectivity index (χ4v) is 8.21. The number of pyridine rings is 2. The van der Waals surface area contributed by atoms with Crippen molar-refractivity contribution in [1.29, 1.82) is 0 Å². The zero-order valence-corrected chi connectivity index (χ0v) is 31.5. The lowest BCUT2D eigenvalue weighted by Gasteiger charge is -2.51. The smallest absolute Gasteiger partial charge is 0.273 e. The third kappa shape index (κ3) is 6.67. The summed E-state index contributed by atoms with van der Waals surface area (Å²) in [6.45, 7) is 26.2. The Morgan fingerprint density at radius 1 is 0.938 bits per heavy atom. The van der Waals surface area contributed by atoms with Crippen LogP contribution in [0.25, 0.3) is 5.76 Å². The Balaban J connectivity index is 0.00000107. The molecule has 258 valence electrons. The van der Waals surface area contributed by atoms with Crippen molar-refractivity contribution in [2.24, 2.45) is 5.41 Å². The number of aryl methyl sites for hydroxylation is 3. The third-order valence-corrected chi connectivity index (χ3v) is 10.7. The Morgan fingerprint density at radius 3 is 2.19 bits per heavy atom. The summed E-state index contributed by atoms with van der Waals surface area (Å²) in [5.41, 5.74) is 7.54. The third-order valence-electron chi connectivity index (χ3n) is 10.3. The maximum absolute atomic E-state index is 14.2. The summed E-state index contributed by atoms with van der Waals surface area (Å²) in [4.78, 5) is 30.9. The summed E-state index contributed by atoms with van der Waals surface area (Å²) in [6.07, 6.45) is 4.74. The lowest BCUT2D eigenvalue weighted by molar-refractivity contribution is 0.0502. The Kier molecular flexibility index (Phi) is 9.96. The van der Waals surface area contributed by atoms with Gasteiger partial charge in [0, 0.05) is 47.9 Å². The number of carbonyl (C=O) groups excluding carboxylic acids is 1. The van der Waals surface area contributed by atoms with E-state index in [1.165, 1.54) is 12.8 Å². The quantitative estimate of drug-likeness (QED) is 0.243. The summed E-state index contributed by atoms with van der Waals surface area (Å²) >= 11 is 6.37. The van der Waals surface area contributed by atoms with E-state index in [1.807, 2.05) is 30.9 Å². The number of piperazine rings is 1. The molecule has 7 nitrogen and oxygen atoms in total. The molecular formula is C40H54ClN5O2. The first-order valence-electron chi connectivity index (χ1n) is 17.4. The first-order valence-corrected chi connectivity index (χ1v) is 17.8. The number of aromatic nitrogens is 2. The number of hydrogen-bond donors (Lipinski definition) is 0. The standard InChI is InChI=1S/C36H44ClN5O2.C4H10/c1-22-16-26(10-11-27(22)37)41-21-36(18-34(5,6)19-36)32-29(41)13-12-28(39-32)33(43)42-15-14-40(20-35(42,7)8)30-17-23(2)31(24(3)38-30)25(4)44-9;1-3-4-2/h10-13,16-17H,4,14-15,18-21H2,1-3,5-9H3;3-4H2,1-2H3. The number of methoxy groups -OCH3 is 1. The van der Waals surface area contributed by atoms with E-state index in [-0.39, 0.29) is 16.7 Å². The molecule has 1 aliphatic carbocycles. The van der Waals surface area contributed by atoms with Crippen molar-refractivity contribution < 1.29 is 9.53 Å². The summed E-state index contributed by atoms with van der Waals surface area (Å²) in [5.74, 6) is 1.52. The van der Waals surface area contributed by atoms with Gasteiger partial charge in [-0.3, -0.25) is 4.79 Å². The minimum atomic E-state index is -0.419. The molecule has 0 unspecified atom stereocenters. The van der Waals surface area contributed by atoms with E-state index in [1.54, 1.807) is 7.11 Å². The number of unbranched alkanes of at least 4 members (excludes halogenated alkanes) is 1. The van der Waals surface area contributed by atoms with Gasteiger partial charge in [-0.2, -0.15) is 0 Å². The van der Waals surface area contributed by atoms with Gasteiger partial charge in [0.2, 0.25) is 0 Å². The van der Waals surface area contributed by atoms with Gasteiger partial charge in [-0.25, -0.2) is 9.97 Å². The van der Waals surface area contributed by atoms with Crippen molar-refractivity contribution in [1.82, 2.24) is 14.9 Å². The van der Waals surface area contributed by atoms with Crippen LogP contribution in [0.2, 0.25) is 5.02 Å². The highest BCUT2D eigenvalue weighted by atomic mass is 35.5. The molecule has 48 heavy (non-hydrogen) atoms. The largest absolute Gasteiger partial charge is 0.497 e. The molecule has 3 aromatic rings. The maximum atomic E-state index is 14.2. The molecule has 0 atom stereocenters. The maximum Gasteiger partial charge on any atom is 0.273 e. The van der Waals surface area contributed by atoms with Gasteiger partial charge >= 0.3 is 0 Å². The van der Waals surface area contributed by atoms with Crippen LogP contribution in [0.15, 0.2) is 43.0 Å². The molecule has 0 bridgehead atoms. The highest BCUT2D eigenvalue weighted by Gasteiger charge is 2.57. The Bertz CT molecular complexity index is 1680. The number of anilines is 3. The minimum Gasteiger partial charge on any atom is -0.497 e. The van der Waals surface area contributed by atoms with E-state index in [9.17, 15) is 4.79 Å². The second-order valence-electron chi connectivity index (χ2n) is 15.5. The Hall–Kier alpha value is -3.58. The number of hydrogen-bond acceptors (Lipinski definition) is 6. The normalized spacial score (nSPS) is 18.5. The van der Waals surface area contributed by atoms with Crippen LogP contribution in [0.5, 0.6) is 0 Å². The zero-order chi connectivity index (χ0) is 35.2. The molecule has 6 rings (SSSR count). The SMILES string of the molecule is C=C(OC)c1c(C)cc(N2CCN(C(=O)c3ccc4c(n3)C3(CN4c4ccc(Cl)c(C)c4)CC(C)(C)C3)C(C)(C)C2)nc1C.CCCC. The Labute approximate surface area is 293 Å². The molecule has 8 heteroatoms. The van der Waals surface area contributed by atoms with Crippen LogP contribution in [-0.2, 0) is 10.2 Å². The summed E-state index contributed by atoms with van der Waals surface area (Å²) in [6, 6.07) is 12.3. The molecule has 1 amide bonds. The number of nitrogens with zero attached hydrogens (tertiary/aromatic N) is 5. The number of halogens is 1. The van der Waals surface area contributed by atoms with Gasteiger partial charge in [0.15, 0.2) is 0 Å². The van der Waals surface area contributed by atoms with Crippen LogP contribution in [0.1, 0.15) is 106 Å². The van der Waals surface area contributed by atoms with Crippen LogP contribution < -0.4 is 9.80 Å². The van der Waals surface area contributed by atoms with Crippen molar-refractivity contribution in [3.8, 4) is 0 Å². The van der Waals surface area contributed by atoms with Crippen molar-refractivity contribution in [2.75, 3.05) is 43.1 Å². The van der Waals surface area contributed by atoms with E-state index in [2.05, 4.69) is 89.1 Å². The second kappa shape index (κ2) is 13.4. The molecular weight excluding hydrogens is 618 g/mol. The molecule has 0 N–H and O–H groups in total. The van der Waals surface area contributed by atoms with Crippen LogP contribution in [-0.4, -0.2) is 59.6 Å². The van der Waals surface area contributed by atoms with Crippen molar-refractivity contribution >= 4 is 40.5 Å². The molecule has 3 aliphatic rings. The average molecular weight is 672 g/mol. The predicted octanol–water partition coefficient (Wildman–Crippen LogP) is 9.43. The van der Waals surface area contributed by atoms with Crippen LogP contribution >= 0.6 is 11.6 Å². The zero-order valence-electron chi connectivity index (χ0n) is 30.8. The fourth-order valence-electron chi connectivity index (χ4n) is 8.09. The Morgan fingerprint density at radius 2 is 1.62 bits per heavy atom. The predicted molar refractivity (Wildman–Crippen MR) is 200 cm³/mol. The van der Waals surface area contributed by atoms with Gasteiger partial charge in [-0.1, -0.05) is 58.7 Å². The summed E-state index contributed by atoms with van der Waals surface area (Å²) in [7, 11) is 1.63. The highest BCUT2D eigenvalue weighted by molar-refractivity contribution is 6.31. The minimum absolute atomic E-state index is 0.0148. The molecule has 1 aromatic carbocycles. The molecule has 2 aliphatic heterocycles. The number of carbonyl (C=O) groups is 1. The number of ether oxygens (including phenoxy) is 1. The van der Waals surface area contributed by atoms with Crippen LogP contribution in [0, 0.1) is 26.2 Å². The molecule has 1 saturated carbocycles.